The van der Waals surface area contributed by atoms with E-state index in [4.69, 9.17) is 10.2 Å². The third-order valence-electron chi connectivity index (χ3n) is 2.59. The average molecular weight is 182 g/mol. The van der Waals surface area contributed by atoms with E-state index in [0.29, 0.717) is 5.69 Å². The number of hydrogen-bond donors (Lipinski definition) is 3. The van der Waals surface area contributed by atoms with Crippen LogP contribution in [0.5, 0.6) is 0 Å². The predicted molar refractivity (Wildman–Crippen MR) is 43.1 cm³/mol. The first-order chi connectivity index (χ1) is 6.15. The summed E-state index contributed by atoms with van der Waals surface area (Å²) in [6, 6.07) is 0. The van der Waals surface area contributed by atoms with Gasteiger partial charge in [0.1, 0.15) is 5.41 Å². The van der Waals surface area contributed by atoms with Crippen molar-refractivity contribution in [3.8, 4) is 0 Å². The van der Waals surface area contributed by atoms with Crippen molar-refractivity contribution in [2.45, 2.75) is 24.4 Å². The number of imidazole rings is 1. The lowest BCUT2D eigenvalue weighted by atomic mass is 9.65. The van der Waals surface area contributed by atoms with Gasteiger partial charge in [0.15, 0.2) is 0 Å². The maximum absolute atomic E-state index is 11.0. The van der Waals surface area contributed by atoms with E-state index in [-0.39, 0.29) is 12.8 Å². The molecule has 1 aliphatic carbocycles. The zero-order chi connectivity index (χ0) is 9.47. The number of aromatic amines is 1. The SMILES string of the molecule is O=C(O)C1(c2cnc[nH]2)CC(O)C1. The molecule has 3 N–H and O–H groups in total. The van der Waals surface area contributed by atoms with Crippen LogP contribution in [0.2, 0.25) is 0 Å². The zero-order valence-electron chi connectivity index (χ0n) is 6.90. The molecule has 0 spiro atoms. The number of carboxylic acid groups (broad SMARTS) is 1. The van der Waals surface area contributed by atoms with Crippen LogP contribution in [-0.4, -0.2) is 32.3 Å². The number of aliphatic carboxylic acids is 1. The van der Waals surface area contributed by atoms with Crippen molar-refractivity contribution in [2.75, 3.05) is 0 Å². The predicted octanol–water partition coefficient (Wildman–Crippen LogP) is -0.113. The molecule has 1 saturated carbocycles. The first kappa shape index (κ1) is 8.25. The summed E-state index contributed by atoms with van der Waals surface area (Å²) in [5, 5.41) is 18.1. The molecule has 0 bridgehead atoms. The largest absolute Gasteiger partial charge is 0.481 e. The molecule has 1 aromatic rings. The zero-order valence-corrected chi connectivity index (χ0v) is 6.90. The fraction of sp³-hybridized carbons (Fsp3) is 0.500. The third kappa shape index (κ3) is 1.04. The molecule has 0 saturated heterocycles. The second-order valence-electron chi connectivity index (χ2n) is 3.41. The summed E-state index contributed by atoms with van der Waals surface area (Å²) in [6.45, 7) is 0. The van der Waals surface area contributed by atoms with Crippen LogP contribution in [0.3, 0.4) is 0 Å². The monoisotopic (exact) mass is 182 g/mol. The summed E-state index contributed by atoms with van der Waals surface area (Å²) in [7, 11) is 0. The highest BCUT2D eigenvalue weighted by Gasteiger charge is 2.52. The van der Waals surface area contributed by atoms with Gasteiger partial charge in [0, 0.05) is 6.20 Å². The lowest BCUT2D eigenvalue weighted by Crippen LogP contribution is -2.50. The van der Waals surface area contributed by atoms with E-state index < -0.39 is 17.5 Å². The number of aromatic nitrogens is 2. The second-order valence-corrected chi connectivity index (χ2v) is 3.41. The topological polar surface area (TPSA) is 86.2 Å². The number of hydrogen-bond acceptors (Lipinski definition) is 3. The number of aliphatic hydroxyl groups excluding tert-OH is 1. The van der Waals surface area contributed by atoms with Crippen LogP contribution < -0.4 is 0 Å². The molecule has 1 heterocycles. The van der Waals surface area contributed by atoms with Crippen LogP contribution in [0.25, 0.3) is 0 Å². The molecule has 0 unspecified atom stereocenters. The molecule has 1 fully saturated rings. The molecule has 5 heteroatoms. The highest BCUT2D eigenvalue weighted by atomic mass is 16.4. The number of nitrogens with zero attached hydrogens (tertiary/aromatic N) is 1. The van der Waals surface area contributed by atoms with Gasteiger partial charge in [-0.2, -0.15) is 0 Å². The molecule has 1 aromatic heterocycles. The molecule has 0 amide bonds. The molecular formula is C8H10N2O3. The Morgan fingerprint density at radius 3 is 2.77 bits per heavy atom. The number of rotatable bonds is 2. The Morgan fingerprint density at radius 2 is 2.38 bits per heavy atom. The van der Waals surface area contributed by atoms with Crippen molar-refractivity contribution in [3.05, 3.63) is 18.2 Å². The minimum absolute atomic E-state index is 0.268. The van der Waals surface area contributed by atoms with Crippen molar-refractivity contribution < 1.29 is 15.0 Å². The van der Waals surface area contributed by atoms with Gasteiger partial charge < -0.3 is 15.2 Å². The highest BCUT2D eigenvalue weighted by Crippen LogP contribution is 2.43. The molecular weight excluding hydrogens is 172 g/mol. The number of H-pyrrole nitrogens is 1. The van der Waals surface area contributed by atoms with Crippen molar-refractivity contribution in [1.82, 2.24) is 9.97 Å². The first-order valence-electron chi connectivity index (χ1n) is 4.05. The minimum Gasteiger partial charge on any atom is -0.481 e. The molecule has 2 rings (SSSR count). The van der Waals surface area contributed by atoms with E-state index in [2.05, 4.69) is 9.97 Å². The normalized spacial score (nSPS) is 32.5. The first-order valence-corrected chi connectivity index (χ1v) is 4.05. The second kappa shape index (κ2) is 2.56. The van der Waals surface area contributed by atoms with E-state index in [9.17, 15) is 4.79 Å². The molecule has 5 nitrogen and oxygen atoms in total. The molecule has 0 aliphatic heterocycles. The summed E-state index contributed by atoms with van der Waals surface area (Å²) in [4.78, 5) is 17.5. The summed E-state index contributed by atoms with van der Waals surface area (Å²) in [6.07, 6.45) is 2.99. The fourth-order valence-corrected chi connectivity index (χ4v) is 1.77. The van der Waals surface area contributed by atoms with Crippen LogP contribution in [0.15, 0.2) is 12.5 Å². The lowest BCUT2D eigenvalue weighted by molar-refractivity contribution is -0.153. The van der Waals surface area contributed by atoms with Crippen LogP contribution in [-0.2, 0) is 10.2 Å². The van der Waals surface area contributed by atoms with Gasteiger partial charge in [0.25, 0.3) is 0 Å². The Morgan fingerprint density at radius 1 is 1.69 bits per heavy atom. The van der Waals surface area contributed by atoms with Gasteiger partial charge in [0.2, 0.25) is 0 Å². The minimum atomic E-state index is -0.935. The summed E-state index contributed by atoms with van der Waals surface area (Å²) in [5.74, 6) is -0.901. The Balaban J connectivity index is 2.31. The third-order valence-corrected chi connectivity index (χ3v) is 2.59. The number of nitrogens with one attached hydrogen (secondary N) is 1. The van der Waals surface area contributed by atoms with Gasteiger partial charge >= 0.3 is 5.97 Å². The number of carbonyl (C=O) groups is 1. The van der Waals surface area contributed by atoms with Crippen LogP contribution in [0.1, 0.15) is 18.5 Å². The van der Waals surface area contributed by atoms with Crippen LogP contribution in [0.4, 0.5) is 0 Å². The summed E-state index contributed by atoms with van der Waals surface area (Å²) >= 11 is 0. The highest BCUT2D eigenvalue weighted by molar-refractivity contribution is 5.82. The average Bonchev–Trinajstić information content (AvgIpc) is 2.49. The number of aliphatic hydroxyl groups is 1. The Bertz CT molecular complexity index is 314. The molecule has 0 aromatic carbocycles. The molecule has 70 valence electrons. The quantitative estimate of drug-likeness (QED) is 0.595. The van der Waals surface area contributed by atoms with E-state index in [1.165, 1.54) is 12.5 Å². The van der Waals surface area contributed by atoms with Crippen LogP contribution in [0, 0.1) is 0 Å². The fourth-order valence-electron chi connectivity index (χ4n) is 1.77. The standard InChI is InChI=1S/C8H10N2O3/c11-5-1-8(2-5,7(12)13)6-3-9-4-10-6/h3-5,11H,1-2H2,(H,9,10)(H,12,13). The Kier molecular flexibility index (Phi) is 1.63. The summed E-state index contributed by atoms with van der Waals surface area (Å²) < 4.78 is 0. The van der Waals surface area contributed by atoms with E-state index in [1.54, 1.807) is 0 Å². The smallest absolute Gasteiger partial charge is 0.315 e. The van der Waals surface area contributed by atoms with Gasteiger partial charge in [-0.1, -0.05) is 0 Å². The van der Waals surface area contributed by atoms with E-state index in [0.717, 1.165) is 0 Å². The van der Waals surface area contributed by atoms with Crippen molar-refractivity contribution in [3.63, 3.8) is 0 Å². The Labute approximate surface area is 74.4 Å². The van der Waals surface area contributed by atoms with Gasteiger partial charge in [-0.3, -0.25) is 4.79 Å². The van der Waals surface area contributed by atoms with Crippen molar-refractivity contribution in [1.29, 1.82) is 0 Å². The molecule has 0 atom stereocenters. The molecule has 13 heavy (non-hydrogen) atoms. The Hall–Kier alpha value is -1.36. The van der Waals surface area contributed by atoms with Gasteiger partial charge in [-0.05, 0) is 12.8 Å². The molecule has 0 radical (unpaired) electrons. The van der Waals surface area contributed by atoms with Crippen LogP contribution >= 0.6 is 0 Å². The van der Waals surface area contributed by atoms with E-state index >= 15 is 0 Å². The van der Waals surface area contributed by atoms with Crippen molar-refractivity contribution in [2.24, 2.45) is 0 Å². The summed E-state index contributed by atoms with van der Waals surface area (Å²) in [5.41, 5.74) is -0.360. The maximum Gasteiger partial charge on any atom is 0.315 e. The number of carboxylic acids is 1. The van der Waals surface area contributed by atoms with Gasteiger partial charge in [0.05, 0.1) is 18.1 Å². The molecule has 1 aliphatic rings. The van der Waals surface area contributed by atoms with Crippen molar-refractivity contribution >= 4 is 5.97 Å². The van der Waals surface area contributed by atoms with Gasteiger partial charge in [-0.25, -0.2) is 4.98 Å². The maximum atomic E-state index is 11.0. The van der Waals surface area contributed by atoms with Gasteiger partial charge in [-0.15, -0.1) is 0 Å². The lowest BCUT2D eigenvalue weighted by Gasteiger charge is -2.40. The van der Waals surface area contributed by atoms with E-state index in [1.807, 2.05) is 0 Å².